The monoisotopic (exact) mass is 216 g/mol. The summed E-state index contributed by atoms with van der Waals surface area (Å²) in [6.07, 6.45) is 0.452. The lowest BCUT2D eigenvalue weighted by molar-refractivity contribution is 0.112. The summed E-state index contributed by atoms with van der Waals surface area (Å²) in [5, 5.41) is 0.598. The Bertz CT molecular complexity index is 429. The molecule has 6 heteroatoms. The van der Waals surface area contributed by atoms with Gasteiger partial charge in [-0.2, -0.15) is 0 Å². The van der Waals surface area contributed by atoms with E-state index < -0.39 is 0 Å². The smallest absolute Gasteiger partial charge is 0.266 e. The minimum absolute atomic E-state index is 0.000602. The van der Waals surface area contributed by atoms with E-state index in [9.17, 15) is 9.59 Å². The lowest BCUT2D eigenvalue weighted by Gasteiger charge is -2.02. The molecule has 0 atom stereocenters. The number of hydrogen-bond donors (Lipinski definition) is 0. The Hall–Kier alpha value is -0.810. The molecule has 0 saturated carbocycles. The van der Waals surface area contributed by atoms with Crippen molar-refractivity contribution in [3.05, 3.63) is 21.1 Å². The summed E-state index contributed by atoms with van der Waals surface area (Å²) in [5.41, 5.74) is -0.386. The van der Waals surface area contributed by atoms with Crippen molar-refractivity contribution < 1.29 is 4.79 Å². The number of hydrogen-bond acceptors (Lipinski definition) is 4. The molecule has 0 amide bonds. The largest absolute Gasteiger partial charge is 0.298 e. The summed E-state index contributed by atoms with van der Waals surface area (Å²) in [5.74, 6) is 0.806. The van der Waals surface area contributed by atoms with Gasteiger partial charge in [-0.3, -0.25) is 14.2 Å². The third kappa shape index (κ3) is 1.28. The maximum absolute atomic E-state index is 11.5. The van der Waals surface area contributed by atoms with E-state index in [0.29, 0.717) is 18.0 Å². The third-order valence-electron chi connectivity index (χ3n) is 1.79. The molecule has 4 nitrogen and oxygen atoms in total. The van der Waals surface area contributed by atoms with Crippen LogP contribution in [0.1, 0.15) is 10.4 Å². The van der Waals surface area contributed by atoms with Gasteiger partial charge in [-0.05, 0) is 0 Å². The highest BCUT2D eigenvalue weighted by Crippen LogP contribution is 2.23. The number of thioether (sulfide) groups is 1. The molecule has 1 aromatic rings. The summed E-state index contributed by atoms with van der Waals surface area (Å²) in [6, 6.07) is 0. The maximum atomic E-state index is 11.5. The van der Waals surface area contributed by atoms with E-state index in [1.54, 1.807) is 0 Å². The van der Waals surface area contributed by atoms with Crippen molar-refractivity contribution in [3.8, 4) is 0 Å². The van der Waals surface area contributed by atoms with Gasteiger partial charge in [0.05, 0.1) is 0 Å². The zero-order valence-corrected chi connectivity index (χ0v) is 8.06. The first-order chi connectivity index (χ1) is 6.24. The Morgan fingerprint density at radius 3 is 3.08 bits per heavy atom. The molecule has 1 aromatic heterocycles. The topological polar surface area (TPSA) is 52.0 Å². The fourth-order valence-corrected chi connectivity index (χ4v) is 2.36. The minimum atomic E-state index is -0.338. The van der Waals surface area contributed by atoms with Crippen molar-refractivity contribution in [2.45, 2.75) is 11.7 Å². The van der Waals surface area contributed by atoms with Gasteiger partial charge in [0.25, 0.3) is 5.56 Å². The molecular formula is C7H5ClN2O2S. The van der Waals surface area contributed by atoms with Crippen molar-refractivity contribution in [3.63, 3.8) is 0 Å². The molecule has 0 radical (unpaired) electrons. The predicted molar refractivity (Wildman–Crippen MR) is 49.6 cm³/mol. The number of rotatable bonds is 1. The van der Waals surface area contributed by atoms with Crippen molar-refractivity contribution in [1.29, 1.82) is 0 Å². The first-order valence-corrected chi connectivity index (χ1v) is 4.98. The second-order valence-electron chi connectivity index (χ2n) is 2.52. The number of carbonyl (C=O) groups is 1. The molecule has 2 rings (SSSR count). The van der Waals surface area contributed by atoms with Crippen LogP contribution in [0.25, 0.3) is 0 Å². The van der Waals surface area contributed by atoms with Crippen molar-refractivity contribution in [2.24, 2.45) is 0 Å². The van der Waals surface area contributed by atoms with Crippen molar-refractivity contribution >= 4 is 29.6 Å². The van der Waals surface area contributed by atoms with Crippen LogP contribution in [0, 0.1) is 0 Å². The van der Waals surface area contributed by atoms with Gasteiger partial charge in [0, 0.05) is 12.3 Å². The Balaban J connectivity index is 2.77. The van der Waals surface area contributed by atoms with Crippen LogP contribution in [0.15, 0.2) is 9.95 Å². The van der Waals surface area contributed by atoms with Gasteiger partial charge in [-0.25, -0.2) is 4.98 Å². The molecule has 0 fully saturated rings. The average molecular weight is 217 g/mol. The summed E-state index contributed by atoms with van der Waals surface area (Å²) in [7, 11) is 0. The highest BCUT2D eigenvalue weighted by atomic mass is 35.5. The van der Waals surface area contributed by atoms with E-state index in [1.165, 1.54) is 16.3 Å². The predicted octanol–water partition coefficient (Wildman–Crippen LogP) is 0.815. The highest BCUT2D eigenvalue weighted by Gasteiger charge is 2.18. The van der Waals surface area contributed by atoms with Crippen LogP contribution in [0.2, 0.25) is 5.15 Å². The number of aromatic nitrogens is 2. The molecule has 0 spiro atoms. The Labute approximate surface area is 82.9 Å². The molecule has 13 heavy (non-hydrogen) atoms. The van der Waals surface area contributed by atoms with Gasteiger partial charge >= 0.3 is 0 Å². The van der Waals surface area contributed by atoms with Crippen LogP contribution in [0.3, 0.4) is 0 Å². The van der Waals surface area contributed by atoms with E-state index in [1.807, 2.05) is 0 Å². The Kier molecular flexibility index (Phi) is 2.13. The molecule has 0 aliphatic carbocycles. The summed E-state index contributed by atoms with van der Waals surface area (Å²) in [4.78, 5) is 26.0. The number of carbonyl (C=O) groups excluding carboxylic acids is 1. The lowest BCUT2D eigenvalue weighted by Crippen LogP contribution is -2.24. The van der Waals surface area contributed by atoms with Gasteiger partial charge in [-0.1, -0.05) is 23.4 Å². The Morgan fingerprint density at radius 2 is 2.38 bits per heavy atom. The standard InChI is InChI=1S/C7H5ClN2O2S/c8-5-4(3-11)6(12)10-1-2-13-7(10)9-5/h3H,1-2H2. The quantitative estimate of drug-likeness (QED) is 0.396. The van der Waals surface area contributed by atoms with E-state index >= 15 is 0 Å². The maximum Gasteiger partial charge on any atom is 0.266 e. The fraction of sp³-hybridized carbons (Fsp3) is 0.286. The van der Waals surface area contributed by atoms with Gasteiger partial charge in [0.2, 0.25) is 0 Å². The van der Waals surface area contributed by atoms with Crippen LogP contribution in [0.5, 0.6) is 0 Å². The number of fused-ring (bicyclic) bond motifs is 1. The van der Waals surface area contributed by atoms with E-state index in [0.717, 1.165) is 5.75 Å². The fourth-order valence-electron chi connectivity index (χ4n) is 1.16. The highest BCUT2D eigenvalue weighted by molar-refractivity contribution is 7.99. The second-order valence-corrected chi connectivity index (χ2v) is 3.94. The molecule has 0 saturated heterocycles. The molecule has 68 valence electrons. The van der Waals surface area contributed by atoms with Gasteiger partial charge in [0.1, 0.15) is 10.7 Å². The summed E-state index contributed by atoms with van der Waals surface area (Å²) in [6.45, 7) is 0.601. The molecule has 0 bridgehead atoms. The zero-order valence-electron chi connectivity index (χ0n) is 6.49. The minimum Gasteiger partial charge on any atom is -0.298 e. The average Bonchev–Trinajstić information content (AvgIpc) is 2.53. The number of halogens is 1. The molecular weight excluding hydrogens is 212 g/mol. The second kappa shape index (κ2) is 3.16. The summed E-state index contributed by atoms with van der Waals surface area (Å²) >= 11 is 7.11. The SMILES string of the molecule is O=Cc1c(Cl)nc2n(c1=O)CCS2. The van der Waals surface area contributed by atoms with E-state index in [-0.39, 0.29) is 16.3 Å². The molecule has 0 aromatic carbocycles. The molecule has 2 heterocycles. The van der Waals surface area contributed by atoms with E-state index in [4.69, 9.17) is 11.6 Å². The number of nitrogens with zero attached hydrogens (tertiary/aromatic N) is 2. The van der Waals surface area contributed by atoms with Crippen LogP contribution in [-0.2, 0) is 6.54 Å². The normalized spacial score (nSPS) is 14.2. The van der Waals surface area contributed by atoms with Gasteiger partial charge < -0.3 is 0 Å². The first-order valence-electron chi connectivity index (χ1n) is 3.62. The molecule has 1 aliphatic rings. The van der Waals surface area contributed by atoms with Crippen molar-refractivity contribution in [2.75, 3.05) is 5.75 Å². The molecule has 0 N–H and O–H groups in total. The van der Waals surface area contributed by atoms with E-state index in [2.05, 4.69) is 4.98 Å². The third-order valence-corrected chi connectivity index (χ3v) is 3.03. The van der Waals surface area contributed by atoms with Crippen LogP contribution in [-0.4, -0.2) is 21.6 Å². The van der Waals surface area contributed by atoms with Gasteiger partial charge in [-0.15, -0.1) is 0 Å². The van der Waals surface area contributed by atoms with Crippen molar-refractivity contribution in [1.82, 2.24) is 9.55 Å². The first kappa shape index (κ1) is 8.77. The number of aldehydes is 1. The molecule has 0 unspecified atom stereocenters. The zero-order chi connectivity index (χ0) is 9.42. The van der Waals surface area contributed by atoms with Crippen LogP contribution in [0.4, 0.5) is 0 Å². The summed E-state index contributed by atoms with van der Waals surface area (Å²) < 4.78 is 1.47. The Morgan fingerprint density at radius 1 is 1.62 bits per heavy atom. The lowest BCUT2D eigenvalue weighted by atomic mass is 10.4. The molecule has 1 aliphatic heterocycles. The van der Waals surface area contributed by atoms with Crippen LogP contribution < -0.4 is 5.56 Å². The van der Waals surface area contributed by atoms with Gasteiger partial charge in [0.15, 0.2) is 11.4 Å². The van der Waals surface area contributed by atoms with Crippen LogP contribution >= 0.6 is 23.4 Å².